The molecule has 99 heavy (non-hydrogen) atoms. The summed E-state index contributed by atoms with van der Waals surface area (Å²) in [6, 6.07) is 3.08. The predicted octanol–water partition coefficient (Wildman–Crippen LogP) is 4.94. The van der Waals surface area contributed by atoms with E-state index in [4.69, 9.17) is 43.1 Å². The van der Waals surface area contributed by atoms with E-state index in [1.54, 1.807) is 34.6 Å². The van der Waals surface area contributed by atoms with Gasteiger partial charge in [-0.05, 0) is 62.3 Å². The van der Waals surface area contributed by atoms with Gasteiger partial charge >= 0.3 is 39.0 Å². The SMILES string of the molecule is CCC(=O)OCOC(=O)N[C@H](CC(=O)Nc1ccc(CC(P(=O)(O)O)P(=O)(O)O)cc1)C(=O)NCC(=O)C1C/C=C(/C)C(=O)Nc2c(O)c3c(O)c(C)c4c(c3c3c2=NC2(CCN(CC(C)C)CC2)N=3)C(=O)[C@@](C)(O/C=C/[C@H](OC)[C@@H](C)[C@@H](OC(C)=O)[C@H](C)[C@H](O)[C@H](C)[C@H](C(C)C)O1)O4. The number of anilines is 2. The van der Waals surface area contributed by atoms with Gasteiger partial charge in [0.2, 0.25) is 18.6 Å². The van der Waals surface area contributed by atoms with Gasteiger partial charge in [-0.15, -0.1) is 0 Å². The molecule has 4 amide bonds. The number of hydrogen-bond donors (Lipinski definition) is 11. The van der Waals surface area contributed by atoms with Crippen molar-refractivity contribution >= 4 is 84.7 Å². The number of alkyl carbamates (subject to hydrolysis) is 1. The van der Waals surface area contributed by atoms with Crippen LogP contribution in [0.1, 0.15) is 130 Å². The van der Waals surface area contributed by atoms with Crippen LogP contribution < -0.4 is 36.7 Å². The molecule has 8 rings (SSSR count). The molecule has 0 aromatic heterocycles. The first-order valence-corrected chi connectivity index (χ1v) is 35.9. The molecule has 0 radical (unpaired) electrons. The van der Waals surface area contributed by atoms with Crippen molar-refractivity contribution in [1.82, 2.24) is 15.5 Å². The van der Waals surface area contributed by atoms with Crippen molar-refractivity contribution in [3.05, 3.63) is 75.7 Å². The number of ketones is 2. The summed E-state index contributed by atoms with van der Waals surface area (Å²) in [5.41, 5.74) is -1.45. The summed E-state index contributed by atoms with van der Waals surface area (Å²) in [6.45, 7) is 19.8. The van der Waals surface area contributed by atoms with E-state index in [9.17, 15) is 77.6 Å². The molecule has 10 atom stereocenters. The fourth-order valence-corrected chi connectivity index (χ4v) is 15.2. The van der Waals surface area contributed by atoms with Crippen molar-refractivity contribution in [2.75, 3.05) is 50.7 Å². The first-order valence-electron chi connectivity index (χ1n) is 32.5. The van der Waals surface area contributed by atoms with Crippen LogP contribution in [0.25, 0.3) is 10.8 Å². The van der Waals surface area contributed by atoms with Gasteiger partial charge in [0, 0.05) is 99.8 Å². The number of carbonyl (C=O) groups excluding carboxylic acids is 8. The molecule has 5 heterocycles. The van der Waals surface area contributed by atoms with Gasteiger partial charge < -0.3 is 94.2 Å². The standard InChI is InChI=1S/C66H91N7O24P2/c1-14-47(77)92-31-93-64(84)69-42(28-46(76)68-41-18-16-40(17-19-41)27-48(98(85,86)87)99(88,89)90)63(83)67-29-43(75)45-20-15-34(6)62(82)70-54-53-52(71-66(72-53)22-24-73(25-23-66)30-32(2)3)49-50(57(54)80)56(79)38(10)60-51(49)61(81)65(12,97-60)94-26-21-44(91-13)35(7)59(95-39(11)74)37(9)55(78)36(8)58(96-45)33(4)5/h15-19,21,26,32-33,35-37,42,44-45,48,55,58-59,78-80H,14,20,22-25,27-31H2,1-13H3,(H,67,83)(H,68,76)(H,69,84)(H,70,82)(H2,85,86,87)(H2,88,89,90)/b26-21+,34-15-/t35-,36+,37-,42-,44+,45?,55-,58+,59-,65+/m1/s1. The molecular weight excluding hydrogens is 1340 g/mol. The summed E-state index contributed by atoms with van der Waals surface area (Å²) in [4.78, 5) is 162. The quantitative estimate of drug-likeness (QED) is 0.0309. The predicted molar refractivity (Wildman–Crippen MR) is 355 cm³/mol. The zero-order valence-corrected chi connectivity index (χ0v) is 59.3. The van der Waals surface area contributed by atoms with E-state index < -0.39 is 184 Å². The Morgan fingerprint density at radius 2 is 1.52 bits per heavy atom. The number of carbonyl (C=O) groups is 8. The number of nitrogens with one attached hydrogen (secondary N) is 4. The lowest BCUT2D eigenvalue weighted by molar-refractivity contribution is -0.164. The number of aliphatic hydroxyl groups excluding tert-OH is 1. The van der Waals surface area contributed by atoms with E-state index in [0.29, 0.717) is 31.8 Å². The average Bonchev–Trinajstić information content (AvgIpc) is 1.55. The maximum Gasteiger partial charge on any atom is 0.410 e. The maximum absolute atomic E-state index is 15.1. The highest BCUT2D eigenvalue weighted by molar-refractivity contribution is 7.70. The molecule has 5 aliphatic rings. The van der Waals surface area contributed by atoms with E-state index in [1.165, 1.54) is 84.4 Å². The van der Waals surface area contributed by atoms with Crippen molar-refractivity contribution in [3.63, 3.8) is 0 Å². The summed E-state index contributed by atoms with van der Waals surface area (Å²) >= 11 is 0. The van der Waals surface area contributed by atoms with Gasteiger partial charge in [0.1, 0.15) is 40.8 Å². The Kier molecular flexibility index (Phi) is 25.7. The third kappa shape index (κ3) is 18.6. The lowest BCUT2D eigenvalue weighted by Gasteiger charge is -2.39. The number of esters is 2. The van der Waals surface area contributed by atoms with Crippen molar-refractivity contribution < 1.29 is 116 Å². The number of Topliss-reactive ketones (excluding diaryl/α,β-unsaturated/α-hetero) is 2. The summed E-state index contributed by atoms with van der Waals surface area (Å²) in [5, 5.41) is 44.4. The number of phenols is 2. The van der Waals surface area contributed by atoms with Crippen molar-refractivity contribution in [2.24, 2.45) is 39.6 Å². The van der Waals surface area contributed by atoms with Gasteiger partial charge in [0.05, 0.1) is 53.8 Å². The number of benzene rings is 3. The minimum Gasteiger partial charge on any atom is -0.507 e. The number of piperidine rings is 1. The molecule has 5 bridgehead atoms. The van der Waals surface area contributed by atoms with Gasteiger partial charge in [0.25, 0.3) is 11.7 Å². The number of rotatable bonds is 20. The molecule has 1 saturated heterocycles. The number of hydrogen-bond acceptors (Lipinski definition) is 23. The van der Waals surface area contributed by atoms with Crippen LogP contribution in [0, 0.1) is 36.5 Å². The van der Waals surface area contributed by atoms with E-state index in [1.807, 2.05) is 0 Å². The monoisotopic (exact) mass is 1430 g/mol. The summed E-state index contributed by atoms with van der Waals surface area (Å²) in [6.07, 6.45) is -4.70. The smallest absolute Gasteiger partial charge is 0.410 e. The summed E-state index contributed by atoms with van der Waals surface area (Å²) < 4.78 is 64.7. The largest absolute Gasteiger partial charge is 0.507 e. The Bertz CT molecular complexity index is 3860. The van der Waals surface area contributed by atoms with Gasteiger partial charge in [-0.3, -0.25) is 52.7 Å². The zero-order valence-electron chi connectivity index (χ0n) is 57.6. The molecule has 11 N–H and O–H groups in total. The van der Waals surface area contributed by atoms with Crippen LogP contribution in [0.2, 0.25) is 0 Å². The second-order valence-electron chi connectivity index (χ2n) is 26.4. The molecular formula is C66H91N7O24P2. The Morgan fingerprint density at radius 3 is 2.10 bits per heavy atom. The second kappa shape index (κ2) is 32.3. The van der Waals surface area contributed by atoms with Crippen molar-refractivity contribution in [3.8, 4) is 17.2 Å². The lowest BCUT2D eigenvalue weighted by atomic mass is 9.78. The van der Waals surface area contributed by atoms with Gasteiger partial charge in [-0.25, -0.2) is 4.79 Å². The van der Waals surface area contributed by atoms with Gasteiger partial charge in [-0.2, -0.15) is 0 Å². The molecule has 1 unspecified atom stereocenters. The number of nitrogens with zero attached hydrogens (tertiary/aromatic N) is 3. The van der Waals surface area contributed by atoms with E-state index in [2.05, 4.69) is 40.0 Å². The number of aliphatic hydroxyl groups is 1. The normalized spacial score (nSPS) is 24.9. The third-order valence-electron chi connectivity index (χ3n) is 18.1. The second-order valence-corrected chi connectivity index (χ2v) is 30.4. The highest BCUT2D eigenvalue weighted by Crippen LogP contribution is 2.61. The molecule has 1 fully saturated rings. The molecule has 3 aromatic rings. The number of amides is 4. The van der Waals surface area contributed by atoms with E-state index in [-0.39, 0.29) is 67.3 Å². The maximum atomic E-state index is 15.1. The van der Waals surface area contributed by atoms with E-state index in [0.717, 1.165) is 6.54 Å². The van der Waals surface area contributed by atoms with Crippen LogP contribution >= 0.6 is 15.2 Å². The van der Waals surface area contributed by atoms with E-state index >= 15 is 4.79 Å². The summed E-state index contributed by atoms with van der Waals surface area (Å²) in [5.74, 6) is -12.0. The molecule has 33 heteroatoms. The lowest BCUT2D eigenvalue weighted by Crippen LogP contribution is -2.51. The Labute approximate surface area is 571 Å². The molecule has 3 aromatic carbocycles. The van der Waals surface area contributed by atoms with Crippen LogP contribution in [0.3, 0.4) is 0 Å². The first kappa shape index (κ1) is 78.6. The van der Waals surface area contributed by atoms with Crippen LogP contribution in [0.4, 0.5) is 16.2 Å². The molecule has 0 saturated carbocycles. The minimum absolute atomic E-state index is 0.000113. The number of methoxy groups -OCH3 is 1. The topological polar surface area (TPSA) is 453 Å². The molecule has 31 nitrogen and oxygen atoms in total. The number of likely N-dealkylation sites (tertiary alicyclic amines) is 1. The Morgan fingerprint density at radius 1 is 0.879 bits per heavy atom. The number of ether oxygens (including phenoxy) is 7. The van der Waals surface area contributed by atoms with Crippen LogP contribution in [-0.2, 0) is 72.7 Å². The highest BCUT2D eigenvalue weighted by Gasteiger charge is 2.51. The first-order chi connectivity index (χ1) is 46.2. The molecule has 1 spiro atoms. The molecule has 5 aliphatic heterocycles. The average molecular weight is 1430 g/mol. The fraction of sp³-hybridized carbons (Fsp3) is 0.576. The summed E-state index contributed by atoms with van der Waals surface area (Å²) in [7, 11) is -9.19. The molecule has 0 aliphatic carbocycles. The number of aromatic hydroxyl groups is 2. The third-order valence-corrected chi connectivity index (χ3v) is 21.8. The van der Waals surface area contributed by atoms with Gasteiger partial charge in [-0.1, -0.05) is 73.6 Å². The highest BCUT2D eigenvalue weighted by atomic mass is 31.2. The van der Waals surface area contributed by atoms with Crippen LogP contribution in [0.5, 0.6) is 17.2 Å². The zero-order chi connectivity index (χ0) is 73.6. The number of fused-ring (bicyclic) bond motifs is 14. The van der Waals surface area contributed by atoms with Crippen molar-refractivity contribution in [2.45, 2.75) is 175 Å². The number of phenolic OH excluding ortho intramolecular Hbond substituents is 2. The van der Waals surface area contributed by atoms with Crippen LogP contribution in [0.15, 0.2) is 58.2 Å². The van der Waals surface area contributed by atoms with Crippen molar-refractivity contribution in [1.29, 1.82) is 0 Å². The van der Waals surface area contributed by atoms with Gasteiger partial charge in [0.15, 0.2) is 22.6 Å². The fourth-order valence-electron chi connectivity index (χ4n) is 12.7. The van der Waals surface area contributed by atoms with Crippen LogP contribution in [-0.4, -0.2) is 181 Å². The minimum atomic E-state index is -5.29. The molecule has 544 valence electrons. The Hall–Kier alpha value is -7.70. The Balaban J connectivity index is 1.28.